The molecule has 3 nitrogen and oxygen atoms in total. The monoisotopic (exact) mass is 281 g/mol. The summed E-state index contributed by atoms with van der Waals surface area (Å²) >= 11 is 5.82. The van der Waals surface area contributed by atoms with Crippen molar-refractivity contribution in [2.24, 2.45) is 0 Å². The number of hydrogen-bond acceptors (Lipinski definition) is 2. The topological polar surface area (TPSA) is 38.3 Å². The summed E-state index contributed by atoms with van der Waals surface area (Å²) in [6.07, 6.45) is 4.81. The Morgan fingerprint density at radius 3 is 2.58 bits per heavy atom. The summed E-state index contributed by atoms with van der Waals surface area (Å²) in [6.45, 7) is 1.95. The van der Waals surface area contributed by atoms with Gasteiger partial charge >= 0.3 is 0 Å². The van der Waals surface area contributed by atoms with E-state index >= 15 is 0 Å². The van der Waals surface area contributed by atoms with Gasteiger partial charge in [-0.05, 0) is 43.5 Å². The molecule has 1 aromatic carbocycles. The highest BCUT2D eigenvalue weighted by atomic mass is 35.5. The fourth-order valence-electron chi connectivity index (χ4n) is 2.36. The Balaban J connectivity index is 1.91. The van der Waals surface area contributed by atoms with E-state index in [0.717, 1.165) is 12.8 Å². The third-order valence-corrected chi connectivity index (χ3v) is 3.71. The van der Waals surface area contributed by atoms with Crippen LogP contribution < -0.4 is 10.1 Å². The van der Waals surface area contributed by atoms with E-state index in [1.165, 1.54) is 12.8 Å². The lowest BCUT2D eigenvalue weighted by Crippen LogP contribution is -2.42. The molecule has 104 valence electrons. The Kier molecular flexibility index (Phi) is 5.08. The van der Waals surface area contributed by atoms with Gasteiger partial charge in [-0.3, -0.25) is 4.79 Å². The van der Waals surface area contributed by atoms with Crippen molar-refractivity contribution < 1.29 is 9.53 Å². The standard InChI is InChI=1S/C15H20ClNO2/c1-2-14(15(18)17-12-5-3-4-6-12)19-13-9-7-11(16)8-10-13/h7-10,12,14H,2-6H2,1H3,(H,17,18)/t14-/m0/s1. The predicted octanol–water partition coefficient (Wildman–Crippen LogP) is 3.56. The molecule has 0 heterocycles. The fraction of sp³-hybridized carbons (Fsp3) is 0.533. The van der Waals surface area contributed by atoms with Crippen LogP contribution in [0.25, 0.3) is 0 Å². The third-order valence-electron chi connectivity index (χ3n) is 3.46. The minimum absolute atomic E-state index is 0.00986. The zero-order valence-corrected chi connectivity index (χ0v) is 12.0. The smallest absolute Gasteiger partial charge is 0.261 e. The number of nitrogens with one attached hydrogen (secondary N) is 1. The number of carbonyl (C=O) groups is 1. The number of halogens is 1. The first-order valence-corrected chi connectivity index (χ1v) is 7.29. The maximum atomic E-state index is 12.1. The van der Waals surface area contributed by atoms with Gasteiger partial charge in [0.15, 0.2) is 6.10 Å². The van der Waals surface area contributed by atoms with Gasteiger partial charge < -0.3 is 10.1 Å². The van der Waals surface area contributed by atoms with Crippen LogP contribution in [-0.2, 0) is 4.79 Å². The highest BCUT2D eigenvalue weighted by molar-refractivity contribution is 6.30. The van der Waals surface area contributed by atoms with E-state index in [9.17, 15) is 4.79 Å². The number of rotatable bonds is 5. The lowest BCUT2D eigenvalue weighted by molar-refractivity contribution is -0.128. The van der Waals surface area contributed by atoms with E-state index in [0.29, 0.717) is 23.2 Å². The van der Waals surface area contributed by atoms with E-state index in [1.54, 1.807) is 24.3 Å². The van der Waals surface area contributed by atoms with Gasteiger partial charge in [0.1, 0.15) is 5.75 Å². The number of amides is 1. The molecule has 1 saturated carbocycles. The van der Waals surface area contributed by atoms with Crippen LogP contribution in [0.2, 0.25) is 5.02 Å². The summed E-state index contributed by atoms with van der Waals surface area (Å²) < 4.78 is 5.72. The molecule has 2 rings (SSSR count). The van der Waals surface area contributed by atoms with Gasteiger partial charge in [-0.2, -0.15) is 0 Å². The Morgan fingerprint density at radius 1 is 1.37 bits per heavy atom. The first-order chi connectivity index (χ1) is 9.19. The van der Waals surface area contributed by atoms with E-state index in [2.05, 4.69) is 5.32 Å². The largest absolute Gasteiger partial charge is 0.481 e. The minimum Gasteiger partial charge on any atom is -0.481 e. The molecule has 4 heteroatoms. The number of benzene rings is 1. The highest BCUT2D eigenvalue weighted by Crippen LogP contribution is 2.20. The van der Waals surface area contributed by atoms with Crippen molar-refractivity contribution in [3.63, 3.8) is 0 Å². The molecule has 0 unspecified atom stereocenters. The van der Waals surface area contributed by atoms with Crippen LogP contribution in [0.1, 0.15) is 39.0 Å². The van der Waals surface area contributed by atoms with Gasteiger partial charge in [0.25, 0.3) is 5.91 Å². The van der Waals surface area contributed by atoms with Crippen LogP contribution in [0.4, 0.5) is 0 Å². The van der Waals surface area contributed by atoms with Crippen LogP contribution in [0.3, 0.4) is 0 Å². The number of carbonyl (C=O) groups excluding carboxylic acids is 1. The summed E-state index contributed by atoms with van der Waals surface area (Å²) in [4.78, 5) is 12.1. The molecule has 1 amide bonds. The van der Waals surface area contributed by atoms with Crippen molar-refractivity contribution in [2.45, 2.75) is 51.2 Å². The predicted molar refractivity (Wildman–Crippen MR) is 76.6 cm³/mol. The fourth-order valence-corrected chi connectivity index (χ4v) is 2.49. The lowest BCUT2D eigenvalue weighted by Gasteiger charge is -2.20. The van der Waals surface area contributed by atoms with E-state index < -0.39 is 6.10 Å². The zero-order chi connectivity index (χ0) is 13.7. The average Bonchev–Trinajstić information content (AvgIpc) is 2.90. The normalized spacial score (nSPS) is 17.2. The van der Waals surface area contributed by atoms with Gasteiger partial charge in [-0.1, -0.05) is 31.4 Å². The Labute approximate surface area is 119 Å². The SMILES string of the molecule is CC[C@H](Oc1ccc(Cl)cc1)C(=O)NC1CCCC1. The Morgan fingerprint density at radius 2 is 2.00 bits per heavy atom. The summed E-state index contributed by atoms with van der Waals surface area (Å²) in [5, 5.41) is 3.73. The van der Waals surface area contributed by atoms with E-state index in [4.69, 9.17) is 16.3 Å². The summed E-state index contributed by atoms with van der Waals surface area (Å²) in [5.74, 6) is 0.669. The molecule has 0 spiro atoms. The molecule has 1 aromatic rings. The molecule has 1 fully saturated rings. The molecule has 0 aromatic heterocycles. The van der Waals surface area contributed by atoms with Gasteiger partial charge in [0, 0.05) is 11.1 Å². The van der Waals surface area contributed by atoms with Gasteiger partial charge in [-0.15, -0.1) is 0 Å². The second-order valence-electron chi connectivity index (χ2n) is 4.96. The minimum atomic E-state index is -0.429. The molecule has 1 atom stereocenters. The molecule has 0 bridgehead atoms. The Bertz CT molecular complexity index is 413. The molecule has 19 heavy (non-hydrogen) atoms. The van der Waals surface area contributed by atoms with Crippen molar-refractivity contribution in [3.05, 3.63) is 29.3 Å². The second kappa shape index (κ2) is 6.80. The van der Waals surface area contributed by atoms with Crippen molar-refractivity contribution in [2.75, 3.05) is 0 Å². The summed E-state index contributed by atoms with van der Waals surface area (Å²) in [6, 6.07) is 7.42. The lowest BCUT2D eigenvalue weighted by atomic mass is 10.2. The maximum absolute atomic E-state index is 12.1. The molecule has 1 N–H and O–H groups in total. The van der Waals surface area contributed by atoms with Crippen LogP contribution in [-0.4, -0.2) is 18.1 Å². The van der Waals surface area contributed by atoms with Crippen molar-refractivity contribution in [1.82, 2.24) is 5.32 Å². The second-order valence-corrected chi connectivity index (χ2v) is 5.40. The number of hydrogen-bond donors (Lipinski definition) is 1. The van der Waals surface area contributed by atoms with Crippen LogP contribution in [0, 0.1) is 0 Å². The Hall–Kier alpha value is -1.22. The van der Waals surface area contributed by atoms with E-state index in [1.807, 2.05) is 6.92 Å². The quantitative estimate of drug-likeness (QED) is 0.896. The number of ether oxygens (including phenoxy) is 1. The van der Waals surface area contributed by atoms with Crippen LogP contribution in [0.5, 0.6) is 5.75 Å². The molecular formula is C15H20ClNO2. The third kappa shape index (κ3) is 4.13. The van der Waals surface area contributed by atoms with Gasteiger partial charge in [-0.25, -0.2) is 0 Å². The maximum Gasteiger partial charge on any atom is 0.261 e. The molecule has 0 aliphatic heterocycles. The summed E-state index contributed by atoms with van der Waals surface area (Å²) in [7, 11) is 0. The van der Waals surface area contributed by atoms with Crippen LogP contribution in [0.15, 0.2) is 24.3 Å². The van der Waals surface area contributed by atoms with E-state index in [-0.39, 0.29) is 5.91 Å². The van der Waals surface area contributed by atoms with Crippen molar-refractivity contribution in [3.8, 4) is 5.75 Å². The van der Waals surface area contributed by atoms with Crippen molar-refractivity contribution >= 4 is 17.5 Å². The van der Waals surface area contributed by atoms with Crippen LogP contribution >= 0.6 is 11.6 Å². The first-order valence-electron chi connectivity index (χ1n) is 6.91. The molecule has 0 saturated heterocycles. The first kappa shape index (κ1) is 14.2. The zero-order valence-electron chi connectivity index (χ0n) is 11.2. The van der Waals surface area contributed by atoms with Gasteiger partial charge in [0.2, 0.25) is 0 Å². The molecule has 0 radical (unpaired) electrons. The summed E-state index contributed by atoms with van der Waals surface area (Å²) in [5.41, 5.74) is 0. The average molecular weight is 282 g/mol. The van der Waals surface area contributed by atoms with Crippen molar-refractivity contribution in [1.29, 1.82) is 0 Å². The van der Waals surface area contributed by atoms with Gasteiger partial charge in [0.05, 0.1) is 0 Å². The molecule has 1 aliphatic carbocycles. The molecular weight excluding hydrogens is 262 g/mol. The highest BCUT2D eigenvalue weighted by Gasteiger charge is 2.23. The molecule has 1 aliphatic rings.